The Morgan fingerprint density at radius 1 is 1.42 bits per heavy atom. The smallest absolute Gasteiger partial charge is 0.328 e. The van der Waals surface area contributed by atoms with E-state index >= 15 is 0 Å². The third kappa shape index (κ3) is 3.20. The second-order valence-corrected chi connectivity index (χ2v) is 5.51. The molecule has 0 aliphatic rings. The summed E-state index contributed by atoms with van der Waals surface area (Å²) in [5.74, 6) is -1.42. The summed E-state index contributed by atoms with van der Waals surface area (Å²) in [6.07, 6.45) is 0.875. The van der Waals surface area contributed by atoms with Crippen molar-refractivity contribution in [2.24, 2.45) is 0 Å². The number of methoxy groups -OCH3 is 1. The van der Waals surface area contributed by atoms with Gasteiger partial charge in [0.15, 0.2) is 6.04 Å². The maximum atomic E-state index is 12.8. The van der Waals surface area contributed by atoms with Gasteiger partial charge in [0.1, 0.15) is 12.4 Å². The van der Waals surface area contributed by atoms with Crippen molar-refractivity contribution < 1.29 is 23.8 Å². The molecule has 1 amide bonds. The average molecular weight is 336 g/mol. The van der Waals surface area contributed by atoms with Crippen LogP contribution in [0.4, 0.5) is 4.39 Å². The van der Waals surface area contributed by atoms with E-state index in [0.29, 0.717) is 28.9 Å². The number of amides is 1. The molecule has 0 spiro atoms. The van der Waals surface area contributed by atoms with Gasteiger partial charge in [-0.1, -0.05) is 6.92 Å². The molecule has 0 aliphatic carbocycles. The van der Waals surface area contributed by atoms with Gasteiger partial charge in [-0.15, -0.1) is 0 Å². The monoisotopic (exact) mass is 336 g/mol. The van der Waals surface area contributed by atoms with Gasteiger partial charge >= 0.3 is 5.97 Å². The molecular formula is C17H21FN2O4. The minimum absolute atomic E-state index is 0.344. The topological polar surface area (TPSA) is 80.6 Å². The van der Waals surface area contributed by atoms with Crippen LogP contribution >= 0.6 is 0 Å². The fourth-order valence-corrected chi connectivity index (χ4v) is 2.78. The molecule has 0 saturated heterocycles. The van der Waals surface area contributed by atoms with Crippen LogP contribution in [0.15, 0.2) is 18.2 Å². The van der Waals surface area contributed by atoms with Crippen LogP contribution in [0.2, 0.25) is 0 Å². The van der Waals surface area contributed by atoms with E-state index in [9.17, 15) is 14.0 Å². The van der Waals surface area contributed by atoms with Crippen LogP contribution in [0.5, 0.6) is 5.75 Å². The fraction of sp³-hybridized carbons (Fsp3) is 0.412. The van der Waals surface area contributed by atoms with E-state index in [0.717, 1.165) is 11.9 Å². The Bertz CT molecular complexity index is 770. The number of nitrogens with one attached hydrogen (secondary N) is 1. The molecule has 2 aromatic rings. The Balaban J connectivity index is 2.56. The van der Waals surface area contributed by atoms with Crippen molar-refractivity contribution in [2.75, 3.05) is 13.8 Å². The number of carbonyl (C=O) groups is 2. The number of carboxylic acid groups (broad SMARTS) is 1. The zero-order valence-corrected chi connectivity index (χ0v) is 13.9. The van der Waals surface area contributed by atoms with Crippen LogP contribution < -0.4 is 10.1 Å². The Morgan fingerprint density at radius 3 is 2.67 bits per heavy atom. The normalized spacial score (nSPS) is 12.2. The van der Waals surface area contributed by atoms with Crippen LogP contribution in [0.1, 0.15) is 29.4 Å². The molecule has 1 unspecified atom stereocenters. The van der Waals surface area contributed by atoms with E-state index in [1.807, 2.05) is 17.6 Å². The number of hydrogen-bond donors (Lipinski definition) is 2. The number of ether oxygens (including phenoxy) is 1. The molecule has 0 fully saturated rings. The summed E-state index contributed by atoms with van der Waals surface area (Å²) in [4.78, 5) is 23.5. The number of fused-ring (bicyclic) bond motifs is 1. The summed E-state index contributed by atoms with van der Waals surface area (Å²) in [7, 11) is 1.53. The zero-order chi connectivity index (χ0) is 17.9. The molecule has 0 radical (unpaired) electrons. The van der Waals surface area contributed by atoms with Crippen LogP contribution in [0, 0.1) is 6.92 Å². The predicted octanol–water partition coefficient (Wildman–Crippen LogP) is 2.52. The number of carbonyl (C=O) groups excluding carboxylic acids is 1. The summed E-state index contributed by atoms with van der Waals surface area (Å²) >= 11 is 0. The van der Waals surface area contributed by atoms with Crippen LogP contribution in [-0.4, -0.2) is 41.4 Å². The standard InChI is InChI=1S/C17H21FN2O4/c1-4-7-20-10(2)15(16(21)19-13(9-18)17(22)23)12-8-11(24-3)5-6-14(12)20/h5-6,8,13H,4,7,9H2,1-3H3,(H,19,21)(H,22,23). The molecule has 0 bridgehead atoms. The first-order valence-electron chi connectivity index (χ1n) is 7.71. The van der Waals surface area contributed by atoms with E-state index in [1.54, 1.807) is 19.1 Å². The number of alkyl halides is 1. The molecule has 1 aromatic heterocycles. The molecular weight excluding hydrogens is 315 g/mol. The lowest BCUT2D eigenvalue weighted by molar-refractivity contribution is -0.139. The summed E-state index contributed by atoms with van der Waals surface area (Å²) in [6, 6.07) is 3.83. The quantitative estimate of drug-likeness (QED) is 0.814. The lowest BCUT2D eigenvalue weighted by atomic mass is 10.1. The number of hydrogen-bond acceptors (Lipinski definition) is 3. The van der Waals surface area contributed by atoms with E-state index in [2.05, 4.69) is 5.32 Å². The third-order valence-corrected chi connectivity index (χ3v) is 3.96. The highest BCUT2D eigenvalue weighted by Gasteiger charge is 2.25. The number of aromatic nitrogens is 1. The van der Waals surface area contributed by atoms with Crippen LogP contribution in [-0.2, 0) is 11.3 Å². The number of aryl methyl sites for hydroxylation is 1. The van der Waals surface area contributed by atoms with Gasteiger partial charge in [0.25, 0.3) is 5.91 Å². The molecule has 0 aliphatic heterocycles. The molecule has 6 nitrogen and oxygen atoms in total. The maximum Gasteiger partial charge on any atom is 0.328 e. The molecule has 7 heteroatoms. The average Bonchev–Trinajstić information content (AvgIpc) is 2.83. The second kappa shape index (κ2) is 7.33. The van der Waals surface area contributed by atoms with Crippen molar-refractivity contribution in [1.29, 1.82) is 0 Å². The van der Waals surface area contributed by atoms with E-state index in [1.165, 1.54) is 7.11 Å². The molecule has 1 heterocycles. The van der Waals surface area contributed by atoms with Crippen molar-refractivity contribution in [3.63, 3.8) is 0 Å². The largest absolute Gasteiger partial charge is 0.497 e. The first-order valence-corrected chi connectivity index (χ1v) is 7.71. The van der Waals surface area contributed by atoms with Crippen molar-refractivity contribution in [1.82, 2.24) is 9.88 Å². The summed E-state index contributed by atoms with van der Waals surface area (Å²) in [5, 5.41) is 11.8. The molecule has 1 aromatic carbocycles. The molecule has 1 atom stereocenters. The van der Waals surface area contributed by atoms with Crippen molar-refractivity contribution >= 4 is 22.8 Å². The predicted molar refractivity (Wildman–Crippen MR) is 88.4 cm³/mol. The van der Waals surface area contributed by atoms with E-state index in [4.69, 9.17) is 9.84 Å². The van der Waals surface area contributed by atoms with Gasteiger partial charge in [0, 0.05) is 23.1 Å². The summed E-state index contributed by atoms with van der Waals surface area (Å²) < 4.78 is 20.0. The maximum absolute atomic E-state index is 12.8. The number of carboxylic acids is 1. The number of aliphatic carboxylic acids is 1. The van der Waals surface area contributed by atoms with Gasteiger partial charge in [-0.25, -0.2) is 9.18 Å². The highest BCUT2D eigenvalue weighted by atomic mass is 19.1. The van der Waals surface area contributed by atoms with Crippen LogP contribution in [0.25, 0.3) is 10.9 Å². The fourth-order valence-electron chi connectivity index (χ4n) is 2.78. The van der Waals surface area contributed by atoms with Gasteiger partial charge in [0.2, 0.25) is 0 Å². The van der Waals surface area contributed by atoms with Gasteiger partial charge in [0.05, 0.1) is 12.7 Å². The molecule has 24 heavy (non-hydrogen) atoms. The SMILES string of the molecule is CCCn1c(C)c(C(=O)NC(CF)C(=O)O)c2cc(OC)ccc21. The van der Waals surface area contributed by atoms with Crippen LogP contribution in [0.3, 0.4) is 0 Å². The minimum atomic E-state index is -1.56. The van der Waals surface area contributed by atoms with E-state index < -0.39 is 24.6 Å². The first kappa shape index (κ1) is 17.8. The first-order chi connectivity index (χ1) is 11.4. The molecule has 130 valence electrons. The van der Waals surface area contributed by atoms with Gasteiger partial charge in [-0.05, 0) is 31.5 Å². The number of nitrogens with zero attached hydrogens (tertiary/aromatic N) is 1. The van der Waals surface area contributed by atoms with E-state index in [-0.39, 0.29) is 0 Å². The van der Waals surface area contributed by atoms with Gasteiger partial charge in [-0.2, -0.15) is 0 Å². The Hall–Kier alpha value is -2.57. The highest BCUT2D eigenvalue weighted by Crippen LogP contribution is 2.29. The Morgan fingerprint density at radius 2 is 2.12 bits per heavy atom. The van der Waals surface area contributed by atoms with Crippen molar-refractivity contribution in [3.8, 4) is 5.75 Å². The molecule has 2 N–H and O–H groups in total. The summed E-state index contributed by atoms with van der Waals surface area (Å²) in [5.41, 5.74) is 1.91. The lowest BCUT2D eigenvalue weighted by Crippen LogP contribution is -2.42. The highest BCUT2D eigenvalue weighted by molar-refractivity contribution is 6.09. The minimum Gasteiger partial charge on any atom is -0.497 e. The molecule has 2 rings (SSSR count). The Labute approximate surface area is 139 Å². The lowest BCUT2D eigenvalue weighted by Gasteiger charge is -2.11. The summed E-state index contributed by atoms with van der Waals surface area (Å²) in [6.45, 7) is 3.37. The van der Waals surface area contributed by atoms with Gasteiger partial charge < -0.3 is 19.7 Å². The third-order valence-electron chi connectivity index (χ3n) is 3.96. The molecule has 0 saturated carbocycles. The second-order valence-electron chi connectivity index (χ2n) is 5.51. The van der Waals surface area contributed by atoms with Crippen molar-refractivity contribution in [2.45, 2.75) is 32.9 Å². The number of benzene rings is 1. The number of rotatable bonds is 7. The van der Waals surface area contributed by atoms with Gasteiger partial charge in [-0.3, -0.25) is 4.79 Å². The number of halogens is 1. The Kier molecular flexibility index (Phi) is 5.43. The zero-order valence-electron chi connectivity index (χ0n) is 13.9. The van der Waals surface area contributed by atoms with Crippen molar-refractivity contribution in [3.05, 3.63) is 29.5 Å².